The number of thiophene rings is 1. The SMILES string of the molecule is O=C(c1cccs1)c1nn(-c2ccccc2)c2nc(=O)c3ccccc3n12. The molecule has 0 aliphatic carbocycles. The van der Waals surface area contributed by atoms with E-state index in [1.807, 2.05) is 47.8 Å². The number of carbonyl (C=O) groups is 1. The van der Waals surface area contributed by atoms with Crippen LogP contribution in [0.1, 0.15) is 15.5 Å². The van der Waals surface area contributed by atoms with Gasteiger partial charge in [-0.1, -0.05) is 36.4 Å². The average Bonchev–Trinajstić information content (AvgIpc) is 3.37. The predicted molar refractivity (Wildman–Crippen MR) is 104 cm³/mol. The van der Waals surface area contributed by atoms with Crippen LogP contribution in [0.2, 0.25) is 0 Å². The van der Waals surface area contributed by atoms with Crippen molar-refractivity contribution in [1.82, 2.24) is 19.2 Å². The van der Waals surface area contributed by atoms with Gasteiger partial charge in [0.25, 0.3) is 5.56 Å². The molecule has 0 spiro atoms. The van der Waals surface area contributed by atoms with Crippen molar-refractivity contribution in [2.75, 3.05) is 0 Å². The number of para-hydroxylation sites is 2. The van der Waals surface area contributed by atoms with Gasteiger partial charge in [-0.25, -0.2) is 0 Å². The molecule has 0 saturated carbocycles. The second kappa shape index (κ2) is 6.00. The number of hydrogen-bond acceptors (Lipinski definition) is 5. The van der Waals surface area contributed by atoms with E-state index in [1.54, 1.807) is 28.7 Å². The predicted octanol–water partition coefficient (Wildman–Crippen LogP) is 3.33. The summed E-state index contributed by atoms with van der Waals surface area (Å²) >= 11 is 1.35. The van der Waals surface area contributed by atoms with E-state index >= 15 is 0 Å². The Morgan fingerprint density at radius 2 is 1.70 bits per heavy atom. The molecule has 0 atom stereocenters. The van der Waals surface area contributed by atoms with Crippen molar-refractivity contribution < 1.29 is 4.79 Å². The van der Waals surface area contributed by atoms with Gasteiger partial charge in [0.1, 0.15) is 0 Å². The number of carbonyl (C=O) groups excluding carboxylic acids is 1. The average molecular weight is 372 g/mol. The Bertz CT molecular complexity index is 1350. The molecular formula is C20H12N4O2S. The molecule has 0 unspecified atom stereocenters. The van der Waals surface area contributed by atoms with Crippen molar-refractivity contribution in [3.8, 4) is 5.69 Å². The third-order valence-electron chi connectivity index (χ3n) is 4.32. The highest BCUT2D eigenvalue weighted by Crippen LogP contribution is 2.21. The van der Waals surface area contributed by atoms with Crippen LogP contribution in [0.15, 0.2) is 76.9 Å². The van der Waals surface area contributed by atoms with Gasteiger partial charge in [-0.2, -0.15) is 9.67 Å². The summed E-state index contributed by atoms with van der Waals surface area (Å²) in [6.45, 7) is 0. The Hall–Kier alpha value is -3.58. The fraction of sp³-hybridized carbons (Fsp3) is 0. The molecule has 3 aromatic heterocycles. The quantitative estimate of drug-likeness (QED) is 0.456. The van der Waals surface area contributed by atoms with Gasteiger partial charge in [0.2, 0.25) is 17.4 Å². The molecule has 7 heteroatoms. The van der Waals surface area contributed by atoms with Crippen LogP contribution in [0.25, 0.3) is 22.4 Å². The third-order valence-corrected chi connectivity index (χ3v) is 5.19. The van der Waals surface area contributed by atoms with Crippen LogP contribution < -0.4 is 5.56 Å². The normalized spacial score (nSPS) is 11.3. The number of ketones is 1. The molecule has 5 aromatic rings. The highest BCUT2D eigenvalue weighted by molar-refractivity contribution is 7.12. The first kappa shape index (κ1) is 15.7. The van der Waals surface area contributed by atoms with Crippen LogP contribution in [0.3, 0.4) is 0 Å². The molecule has 0 N–H and O–H groups in total. The van der Waals surface area contributed by atoms with Crippen molar-refractivity contribution in [3.05, 3.63) is 93.2 Å². The maximum atomic E-state index is 13.1. The van der Waals surface area contributed by atoms with Crippen molar-refractivity contribution >= 4 is 33.8 Å². The fourth-order valence-electron chi connectivity index (χ4n) is 3.10. The van der Waals surface area contributed by atoms with Crippen LogP contribution >= 0.6 is 11.3 Å². The van der Waals surface area contributed by atoms with E-state index < -0.39 is 0 Å². The van der Waals surface area contributed by atoms with Crippen molar-refractivity contribution in [3.63, 3.8) is 0 Å². The highest BCUT2D eigenvalue weighted by atomic mass is 32.1. The molecule has 2 aromatic carbocycles. The van der Waals surface area contributed by atoms with Gasteiger partial charge in [0.15, 0.2) is 0 Å². The first-order valence-corrected chi connectivity index (χ1v) is 9.16. The third kappa shape index (κ3) is 2.40. The lowest BCUT2D eigenvalue weighted by atomic mass is 10.2. The first-order chi connectivity index (χ1) is 13.2. The zero-order valence-electron chi connectivity index (χ0n) is 13.9. The van der Waals surface area contributed by atoms with E-state index in [2.05, 4.69) is 10.1 Å². The molecule has 130 valence electrons. The van der Waals surface area contributed by atoms with E-state index in [1.165, 1.54) is 16.0 Å². The second-order valence-electron chi connectivity index (χ2n) is 5.95. The Morgan fingerprint density at radius 1 is 0.926 bits per heavy atom. The van der Waals surface area contributed by atoms with Gasteiger partial charge in [0.05, 0.1) is 21.5 Å². The number of nitrogens with zero attached hydrogens (tertiary/aromatic N) is 4. The summed E-state index contributed by atoms with van der Waals surface area (Å²) in [5.41, 5.74) is 0.981. The number of hydrogen-bond donors (Lipinski definition) is 0. The second-order valence-corrected chi connectivity index (χ2v) is 6.89. The molecule has 3 heterocycles. The molecule has 0 saturated heterocycles. The number of fused-ring (bicyclic) bond motifs is 3. The summed E-state index contributed by atoms with van der Waals surface area (Å²) < 4.78 is 3.19. The molecule has 0 aliphatic rings. The van der Waals surface area contributed by atoms with E-state index in [4.69, 9.17) is 0 Å². The van der Waals surface area contributed by atoms with Crippen molar-refractivity contribution in [2.24, 2.45) is 0 Å². The molecule has 6 nitrogen and oxygen atoms in total. The van der Waals surface area contributed by atoms with E-state index in [0.29, 0.717) is 21.6 Å². The Morgan fingerprint density at radius 3 is 2.48 bits per heavy atom. The molecule has 0 bridgehead atoms. The van der Waals surface area contributed by atoms with E-state index in [-0.39, 0.29) is 17.2 Å². The lowest BCUT2D eigenvalue weighted by molar-refractivity contribution is 0.103. The van der Waals surface area contributed by atoms with Gasteiger partial charge >= 0.3 is 0 Å². The lowest BCUT2D eigenvalue weighted by Gasteiger charge is -2.04. The lowest BCUT2D eigenvalue weighted by Crippen LogP contribution is -2.13. The molecule has 5 rings (SSSR count). The van der Waals surface area contributed by atoms with Gasteiger partial charge in [-0.05, 0) is 35.7 Å². The smallest absolute Gasteiger partial charge is 0.282 e. The standard InChI is InChI=1S/C20H12N4O2S/c25-17(16-11-6-12-27-16)18-22-24(13-7-2-1-3-8-13)20-21-19(26)14-9-4-5-10-15(14)23(18)20/h1-12H. The monoisotopic (exact) mass is 372 g/mol. The summed E-state index contributed by atoms with van der Waals surface area (Å²) in [4.78, 5) is 30.4. The molecule has 0 amide bonds. The molecular weight excluding hydrogens is 360 g/mol. The van der Waals surface area contributed by atoms with Crippen molar-refractivity contribution in [1.29, 1.82) is 0 Å². The minimum Gasteiger partial charge on any atom is -0.284 e. The van der Waals surface area contributed by atoms with Gasteiger partial charge < -0.3 is 0 Å². The fourth-order valence-corrected chi connectivity index (χ4v) is 3.76. The summed E-state index contributed by atoms with van der Waals surface area (Å²) in [6, 6.07) is 20.0. The summed E-state index contributed by atoms with van der Waals surface area (Å²) in [5, 5.41) is 6.84. The topological polar surface area (TPSA) is 69.3 Å². The van der Waals surface area contributed by atoms with E-state index in [0.717, 1.165) is 5.69 Å². The maximum Gasteiger partial charge on any atom is 0.282 e. The largest absolute Gasteiger partial charge is 0.284 e. The van der Waals surface area contributed by atoms with Crippen LogP contribution in [-0.2, 0) is 0 Å². The number of aromatic nitrogens is 4. The van der Waals surface area contributed by atoms with Gasteiger partial charge in [0, 0.05) is 0 Å². The van der Waals surface area contributed by atoms with Gasteiger partial charge in [-0.15, -0.1) is 16.4 Å². The number of rotatable bonds is 3. The minimum atomic E-state index is -0.349. The Balaban J connectivity index is 1.93. The van der Waals surface area contributed by atoms with Crippen LogP contribution in [0.4, 0.5) is 0 Å². The van der Waals surface area contributed by atoms with Crippen molar-refractivity contribution in [2.45, 2.75) is 0 Å². The summed E-state index contributed by atoms with van der Waals surface area (Å²) in [5.74, 6) is 0.324. The van der Waals surface area contributed by atoms with Crippen LogP contribution in [-0.4, -0.2) is 24.9 Å². The summed E-state index contributed by atoms with van der Waals surface area (Å²) in [6.07, 6.45) is 0. The summed E-state index contributed by atoms with van der Waals surface area (Å²) in [7, 11) is 0. The zero-order valence-corrected chi connectivity index (χ0v) is 14.8. The Labute approximate surface area is 157 Å². The molecule has 0 radical (unpaired) electrons. The zero-order chi connectivity index (χ0) is 18.4. The van der Waals surface area contributed by atoms with Crippen LogP contribution in [0.5, 0.6) is 0 Å². The molecule has 0 fully saturated rings. The van der Waals surface area contributed by atoms with Gasteiger partial charge in [-0.3, -0.25) is 14.0 Å². The molecule has 27 heavy (non-hydrogen) atoms. The molecule has 0 aliphatic heterocycles. The highest BCUT2D eigenvalue weighted by Gasteiger charge is 2.23. The first-order valence-electron chi connectivity index (χ1n) is 8.28. The van der Waals surface area contributed by atoms with Crippen LogP contribution in [0, 0.1) is 0 Å². The minimum absolute atomic E-state index is 0.208. The van der Waals surface area contributed by atoms with E-state index in [9.17, 15) is 9.59 Å². The maximum absolute atomic E-state index is 13.1. The Kier molecular flexibility index (Phi) is 3.48. The number of benzene rings is 2.